The molecule has 1 amide bonds. The summed E-state index contributed by atoms with van der Waals surface area (Å²) in [4.78, 5) is 11.9. The molecule has 3 N–H and O–H groups in total. The second-order valence-corrected chi connectivity index (χ2v) is 5.42. The van der Waals surface area contributed by atoms with Crippen molar-refractivity contribution in [3.63, 3.8) is 0 Å². The standard InChI is InChI=1S/C15H24N2O3.ClH/c1-15(2,17-14(18)12(16)10-19-3)9-11-7-5-6-8-13(11)20-4;/h5-8,12H,9-10,16H2,1-4H3,(H,17,18);1H. The summed E-state index contributed by atoms with van der Waals surface area (Å²) in [5.41, 5.74) is 6.35. The number of benzene rings is 1. The van der Waals surface area contributed by atoms with Crippen molar-refractivity contribution >= 4 is 18.3 Å². The number of methoxy groups -OCH3 is 2. The lowest BCUT2D eigenvalue weighted by molar-refractivity contribution is -0.125. The molecule has 1 rings (SSSR count). The van der Waals surface area contributed by atoms with Gasteiger partial charge >= 0.3 is 0 Å². The van der Waals surface area contributed by atoms with E-state index in [1.807, 2.05) is 38.1 Å². The minimum absolute atomic E-state index is 0. The summed E-state index contributed by atoms with van der Waals surface area (Å²) < 4.78 is 10.2. The van der Waals surface area contributed by atoms with Gasteiger partial charge in [0.1, 0.15) is 11.8 Å². The molecule has 1 aromatic carbocycles. The van der Waals surface area contributed by atoms with E-state index in [2.05, 4.69) is 5.32 Å². The first kappa shape index (κ1) is 19.7. The zero-order valence-corrected chi connectivity index (χ0v) is 13.8. The van der Waals surface area contributed by atoms with E-state index in [1.165, 1.54) is 7.11 Å². The van der Waals surface area contributed by atoms with Gasteiger partial charge in [0, 0.05) is 12.6 Å². The Morgan fingerprint density at radius 1 is 1.33 bits per heavy atom. The summed E-state index contributed by atoms with van der Waals surface area (Å²) in [6, 6.07) is 7.11. The molecule has 21 heavy (non-hydrogen) atoms. The predicted molar refractivity (Wildman–Crippen MR) is 86.0 cm³/mol. The third kappa shape index (κ3) is 6.33. The Morgan fingerprint density at radius 2 is 1.95 bits per heavy atom. The van der Waals surface area contributed by atoms with Gasteiger partial charge in [-0.3, -0.25) is 4.79 Å². The van der Waals surface area contributed by atoms with Crippen LogP contribution in [-0.2, 0) is 16.0 Å². The maximum Gasteiger partial charge on any atom is 0.239 e. The third-order valence-corrected chi connectivity index (χ3v) is 2.97. The molecule has 0 saturated carbocycles. The Labute approximate surface area is 132 Å². The van der Waals surface area contributed by atoms with Crippen LogP contribution in [0.2, 0.25) is 0 Å². The molecule has 1 aromatic rings. The quantitative estimate of drug-likeness (QED) is 0.800. The summed E-state index contributed by atoms with van der Waals surface area (Å²) >= 11 is 0. The van der Waals surface area contributed by atoms with Crippen LogP contribution in [0.4, 0.5) is 0 Å². The van der Waals surface area contributed by atoms with Crippen LogP contribution in [-0.4, -0.2) is 38.3 Å². The topological polar surface area (TPSA) is 73.6 Å². The summed E-state index contributed by atoms with van der Waals surface area (Å²) in [5.74, 6) is 0.600. The van der Waals surface area contributed by atoms with Crippen molar-refractivity contribution in [3.8, 4) is 5.75 Å². The highest BCUT2D eigenvalue weighted by Gasteiger charge is 2.25. The van der Waals surface area contributed by atoms with Gasteiger partial charge in [-0.15, -0.1) is 12.4 Å². The molecule has 0 spiro atoms. The van der Waals surface area contributed by atoms with Crippen molar-refractivity contribution in [2.45, 2.75) is 31.8 Å². The number of nitrogens with two attached hydrogens (primary N) is 1. The molecule has 120 valence electrons. The number of halogens is 1. The highest BCUT2D eigenvalue weighted by atomic mass is 35.5. The van der Waals surface area contributed by atoms with Crippen LogP contribution in [0.3, 0.4) is 0 Å². The lowest BCUT2D eigenvalue weighted by Crippen LogP contribution is -2.52. The molecule has 0 bridgehead atoms. The Hall–Kier alpha value is -1.30. The molecule has 6 heteroatoms. The summed E-state index contributed by atoms with van der Waals surface area (Å²) in [6.45, 7) is 4.12. The number of para-hydroxylation sites is 1. The number of nitrogens with one attached hydrogen (secondary N) is 1. The Kier molecular flexibility index (Phi) is 8.32. The fraction of sp³-hybridized carbons (Fsp3) is 0.533. The van der Waals surface area contributed by atoms with E-state index in [0.29, 0.717) is 6.42 Å². The lowest BCUT2D eigenvalue weighted by Gasteiger charge is -2.28. The van der Waals surface area contributed by atoms with Gasteiger partial charge in [0.15, 0.2) is 0 Å². The first-order valence-electron chi connectivity index (χ1n) is 6.58. The smallest absolute Gasteiger partial charge is 0.239 e. The zero-order chi connectivity index (χ0) is 15.2. The number of carbonyl (C=O) groups excluding carboxylic acids is 1. The van der Waals surface area contributed by atoms with Crippen molar-refractivity contribution in [2.75, 3.05) is 20.8 Å². The minimum Gasteiger partial charge on any atom is -0.496 e. The Balaban J connectivity index is 0.00000400. The van der Waals surface area contributed by atoms with Gasteiger partial charge < -0.3 is 20.5 Å². The summed E-state index contributed by atoms with van der Waals surface area (Å²) in [5, 5.41) is 2.94. The SMILES string of the molecule is COCC(N)C(=O)NC(C)(C)Cc1ccccc1OC.Cl. The van der Waals surface area contributed by atoms with Gasteiger partial charge in [-0.25, -0.2) is 0 Å². The number of ether oxygens (including phenoxy) is 2. The van der Waals surface area contributed by atoms with Gasteiger partial charge in [-0.2, -0.15) is 0 Å². The molecule has 0 heterocycles. The van der Waals surface area contributed by atoms with Crippen LogP contribution < -0.4 is 15.8 Å². The van der Waals surface area contributed by atoms with Crippen molar-refractivity contribution in [2.24, 2.45) is 5.73 Å². The zero-order valence-electron chi connectivity index (χ0n) is 13.0. The first-order chi connectivity index (χ1) is 9.39. The van der Waals surface area contributed by atoms with Crippen LogP contribution in [0.15, 0.2) is 24.3 Å². The van der Waals surface area contributed by atoms with Gasteiger partial charge in [0.2, 0.25) is 5.91 Å². The van der Waals surface area contributed by atoms with Crippen molar-refractivity contribution < 1.29 is 14.3 Å². The van der Waals surface area contributed by atoms with Gasteiger partial charge in [0.25, 0.3) is 0 Å². The molecule has 0 aliphatic carbocycles. The van der Waals surface area contributed by atoms with E-state index in [4.69, 9.17) is 15.2 Å². The average Bonchev–Trinajstić information content (AvgIpc) is 2.38. The van der Waals surface area contributed by atoms with Crippen LogP contribution in [0, 0.1) is 0 Å². The molecular weight excluding hydrogens is 292 g/mol. The Morgan fingerprint density at radius 3 is 2.52 bits per heavy atom. The number of rotatable bonds is 7. The van der Waals surface area contributed by atoms with Gasteiger partial charge in [-0.1, -0.05) is 18.2 Å². The molecular formula is C15H25ClN2O3. The van der Waals surface area contributed by atoms with E-state index in [9.17, 15) is 4.79 Å². The lowest BCUT2D eigenvalue weighted by atomic mass is 9.94. The average molecular weight is 317 g/mol. The molecule has 1 unspecified atom stereocenters. The van der Waals surface area contributed by atoms with E-state index >= 15 is 0 Å². The molecule has 0 radical (unpaired) electrons. The first-order valence-corrected chi connectivity index (χ1v) is 6.58. The molecule has 0 fully saturated rings. The number of carbonyl (C=O) groups is 1. The van der Waals surface area contributed by atoms with Crippen molar-refractivity contribution in [1.82, 2.24) is 5.32 Å². The van der Waals surface area contributed by atoms with E-state index in [1.54, 1.807) is 7.11 Å². The molecule has 0 aromatic heterocycles. The minimum atomic E-state index is -0.656. The largest absolute Gasteiger partial charge is 0.496 e. The van der Waals surface area contributed by atoms with E-state index in [0.717, 1.165) is 11.3 Å². The predicted octanol–water partition coefficient (Wildman–Crippen LogP) is 1.53. The third-order valence-electron chi connectivity index (χ3n) is 2.97. The van der Waals surface area contributed by atoms with Crippen molar-refractivity contribution in [1.29, 1.82) is 0 Å². The number of hydrogen-bond acceptors (Lipinski definition) is 4. The number of hydrogen-bond donors (Lipinski definition) is 2. The normalized spacial score (nSPS) is 12.2. The van der Waals surface area contributed by atoms with E-state index in [-0.39, 0.29) is 24.9 Å². The fourth-order valence-corrected chi connectivity index (χ4v) is 2.05. The van der Waals surface area contributed by atoms with Crippen molar-refractivity contribution in [3.05, 3.63) is 29.8 Å². The second kappa shape index (κ2) is 8.87. The van der Waals surface area contributed by atoms with Crippen LogP contribution >= 0.6 is 12.4 Å². The molecule has 0 saturated heterocycles. The number of amides is 1. The highest BCUT2D eigenvalue weighted by molar-refractivity contribution is 5.85. The van der Waals surface area contributed by atoms with Crippen LogP contribution in [0.5, 0.6) is 5.75 Å². The van der Waals surface area contributed by atoms with E-state index < -0.39 is 11.6 Å². The summed E-state index contributed by atoms with van der Waals surface area (Å²) in [6.07, 6.45) is 0.655. The molecule has 1 atom stereocenters. The Bertz CT molecular complexity index is 452. The highest BCUT2D eigenvalue weighted by Crippen LogP contribution is 2.22. The summed E-state index contributed by atoms with van der Waals surface area (Å²) in [7, 11) is 3.16. The van der Waals surface area contributed by atoms with Gasteiger partial charge in [-0.05, 0) is 31.9 Å². The molecule has 0 aliphatic heterocycles. The van der Waals surface area contributed by atoms with Crippen LogP contribution in [0.1, 0.15) is 19.4 Å². The monoisotopic (exact) mass is 316 g/mol. The molecule has 0 aliphatic rings. The van der Waals surface area contributed by atoms with Gasteiger partial charge in [0.05, 0.1) is 13.7 Å². The maximum absolute atomic E-state index is 11.9. The maximum atomic E-state index is 11.9. The second-order valence-electron chi connectivity index (χ2n) is 5.42. The fourth-order valence-electron chi connectivity index (χ4n) is 2.05. The molecule has 5 nitrogen and oxygen atoms in total. The van der Waals surface area contributed by atoms with Crippen LogP contribution in [0.25, 0.3) is 0 Å².